The van der Waals surface area contributed by atoms with E-state index in [2.05, 4.69) is 34.6 Å². The van der Waals surface area contributed by atoms with Crippen molar-refractivity contribution in [2.75, 3.05) is 0 Å². The third kappa shape index (κ3) is 2.25. The number of aliphatic hydroxyl groups is 4. The van der Waals surface area contributed by atoms with Gasteiger partial charge in [0.15, 0.2) is 6.29 Å². The molecule has 0 aromatic carbocycles. The van der Waals surface area contributed by atoms with Gasteiger partial charge in [0.2, 0.25) is 0 Å². The Kier molecular flexibility index (Phi) is 4.27. The molecule has 5 heteroatoms. The summed E-state index contributed by atoms with van der Waals surface area (Å²) in [6, 6.07) is 0. The van der Waals surface area contributed by atoms with Gasteiger partial charge in [0.25, 0.3) is 0 Å². The van der Waals surface area contributed by atoms with E-state index in [-0.39, 0.29) is 45.0 Å². The first kappa shape index (κ1) is 22.3. The van der Waals surface area contributed by atoms with Crippen molar-refractivity contribution >= 4 is 0 Å². The summed E-state index contributed by atoms with van der Waals surface area (Å²) in [4.78, 5) is 0. The summed E-state index contributed by atoms with van der Waals surface area (Å²) < 4.78 is 6.10. The first-order chi connectivity index (χ1) is 14.8. The van der Waals surface area contributed by atoms with Gasteiger partial charge in [-0.15, -0.1) is 0 Å². The van der Waals surface area contributed by atoms with Crippen LogP contribution in [-0.2, 0) is 4.74 Å². The summed E-state index contributed by atoms with van der Waals surface area (Å²) in [6.45, 7) is 11.2. The van der Waals surface area contributed by atoms with Gasteiger partial charge in [0, 0.05) is 12.3 Å². The maximum absolute atomic E-state index is 11.6. The minimum Gasteiger partial charge on any atom is -0.393 e. The minimum atomic E-state index is -0.725. The van der Waals surface area contributed by atoms with E-state index < -0.39 is 24.1 Å². The molecule has 0 radical (unpaired) electrons. The van der Waals surface area contributed by atoms with Crippen molar-refractivity contribution < 1.29 is 25.2 Å². The zero-order chi connectivity index (χ0) is 23.1. The molecule has 6 fully saturated rings. The molecule has 4 N–H and O–H groups in total. The normalized spacial score (nSPS) is 65.0. The van der Waals surface area contributed by atoms with Crippen LogP contribution < -0.4 is 0 Å². The molecule has 2 spiro atoms. The van der Waals surface area contributed by atoms with E-state index in [1.807, 2.05) is 0 Å². The van der Waals surface area contributed by atoms with Crippen LogP contribution in [0.15, 0.2) is 0 Å². The third-order valence-electron chi connectivity index (χ3n) is 13.0. The fourth-order valence-electron chi connectivity index (χ4n) is 11.6. The average Bonchev–Trinajstić information content (AvgIpc) is 3.11. The van der Waals surface area contributed by atoms with E-state index in [4.69, 9.17) is 4.74 Å². The molecule has 9 unspecified atom stereocenters. The molecule has 0 amide bonds. The Balaban J connectivity index is 1.40. The van der Waals surface area contributed by atoms with E-state index in [0.29, 0.717) is 12.3 Å². The van der Waals surface area contributed by atoms with Crippen molar-refractivity contribution in [1.82, 2.24) is 0 Å². The molecule has 0 aromatic rings. The maximum Gasteiger partial charge on any atom is 0.155 e. The van der Waals surface area contributed by atoms with Crippen molar-refractivity contribution in [2.45, 2.75) is 123 Å². The Morgan fingerprint density at radius 2 is 1.44 bits per heavy atom. The second-order valence-electron chi connectivity index (χ2n) is 14.2. The minimum absolute atomic E-state index is 0.00341. The smallest absolute Gasteiger partial charge is 0.155 e. The molecule has 6 aliphatic rings. The summed E-state index contributed by atoms with van der Waals surface area (Å²) in [5, 5.41) is 44.1. The van der Waals surface area contributed by atoms with Gasteiger partial charge in [-0.05, 0) is 97.2 Å². The van der Waals surface area contributed by atoms with Gasteiger partial charge in [-0.1, -0.05) is 27.7 Å². The molecular formula is C27H44O5. The molecule has 1 aliphatic heterocycles. The zero-order valence-corrected chi connectivity index (χ0v) is 20.6. The molecule has 12 atom stereocenters. The molecule has 0 aromatic heterocycles. The number of hydrogen-bond donors (Lipinski definition) is 4. The molecule has 1 saturated heterocycles. The fourth-order valence-corrected chi connectivity index (χ4v) is 11.6. The van der Waals surface area contributed by atoms with Gasteiger partial charge in [0.1, 0.15) is 0 Å². The van der Waals surface area contributed by atoms with Crippen LogP contribution in [0.25, 0.3) is 0 Å². The zero-order valence-electron chi connectivity index (χ0n) is 20.6. The Morgan fingerprint density at radius 3 is 2.09 bits per heavy atom. The highest BCUT2D eigenvalue weighted by Crippen LogP contribution is 2.89. The van der Waals surface area contributed by atoms with E-state index in [1.54, 1.807) is 0 Å². The number of ether oxygens (including phenoxy) is 1. The van der Waals surface area contributed by atoms with Crippen LogP contribution in [0.1, 0.15) is 92.4 Å². The molecule has 0 bridgehead atoms. The van der Waals surface area contributed by atoms with Crippen molar-refractivity contribution in [3.8, 4) is 0 Å². The monoisotopic (exact) mass is 448 g/mol. The predicted octanol–water partition coefficient (Wildman–Crippen LogP) is 3.62. The summed E-state index contributed by atoms with van der Waals surface area (Å²) in [5.41, 5.74) is -0.508. The average molecular weight is 449 g/mol. The summed E-state index contributed by atoms with van der Waals surface area (Å²) in [7, 11) is 0. The Bertz CT molecular complexity index is 829. The Morgan fingerprint density at radius 1 is 0.719 bits per heavy atom. The van der Waals surface area contributed by atoms with Crippen LogP contribution in [0, 0.1) is 44.8 Å². The largest absolute Gasteiger partial charge is 0.393 e. The lowest BCUT2D eigenvalue weighted by Crippen LogP contribution is -2.62. The number of hydrogen-bond acceptors (Lipinski definition) is 5. The highest BCUT2D eigenvalue weighted by Gasteiger charge is 2.84. The summed E-state index contributed by atoms with van der Waals surface area (Å²) in [6.07, 6.45) is 6.36. The highest BCUT2D eigenvalue weighted by atomic mass is 16.6. The SMILES string of the molecule is CC1(C)C(O)CCC23CC24CCC2(C)C([C@@]5(C)CCC(O)O5)C(O)C[C@@]2(C)C4C[C@H](O)C13. The maximum atomic E-state index is 11.6. The lowest BCUT2D eigenvalue weighted by atomic mass is 9.41. The molecule has 1 heterocycles. The molecule has 182 valence electrons. The van der Waals surface area contributed by atoms with Gasteiger partial charge >= 0.3 is 0 Å². The van der Waals surface area contributed by atoms with Crippen molar-refractivity contribution in [3.05, 3.63) is 0 Å². The predicted molar refractivity (Wildman–Crippen MR) is 120 cm³/mol. The van der Waals surface area contributed by atoms with Gasteiger partial charge in [-0.3, -0.25) is 0 Å². The van der Waals surface area contributed by atoms with E-state index in [0.717, 1.165) is 44.9 Å². The molecule has 32 heavy (non-hydrogen) atoms. The number of fused-ring (bicyclic) bond motifs is 2. The van der Waals surface area contributed by atoms with Gasteiger partial charge in [0.05, 0.1) is 23.9 Å². The quantitative estimate of drug-likeness (QED) is 0.492. The third-order valence-corrected chi connectivity index (χ3v) is 13.0. The van der Waals surface area contributed by atoms with E-state index in [1.165, 1.54) is 6.42 Å². The van der Waals surface area contributed by atoms with Crippen LogP contribution in [-0.4, -0.2) is 50.6 Å². The van der Waals surface area contributed by atoms with E-state index in [9.17, 15) is 20.4 Å². The van der Waals surface area contributed by atoms with Crippen LogP contribution in [0.4, 0.5) is 0 Å². The Hall–Kier alpha value is -0.200. The standard InChI is InChI=1S/C27H44O5/c1-22(2)18(30)6-9-27-14-26(27)11-10-23(3)21(25(5)8-7-19(31)32-25)16(29)13-24(23,4)17(26)12-15(28)20(22)27/h15-21,28-31H,6-14H2,1-5H3/t15-,16?,17?,18?,19?,20?,21?,23?,24-,25+,26?,27?/m0/s1. The van der Waals surface area contributed by atoms with E-state index >= 15 is 0 Å². The van der Waals surface area contributed by atoms with Crippen LogP contribution in [0.5, 0.6) is 0 Å². The van der Waals surface area contributed by atoms with Gasteiger partial charge in [-0.2, -0.15) is 0 Å². The molecule has 6 rings (SSSR count). The van der Waals surface area contributed by atoms with Crippen molar-refractivity contribution in [1.29, 1.82) is 0 Å². The molecule has 5 saturated carbocycles. The van der Waals surface area contributed by atoms with Crippen LogP contribution in [0.2, 0.25) is 0 Å². The molecule has 5 aliphatic carbocycles. The second-order valence-corrected chi connectivity index (χ2v) is 14.2. The number of aliphatic hydroxyl groups excluding tert-OH is 4. The summed E-state index contributed by atoms with van der Waals surface area (Å²) >= 11 is 0. The van der Waals surface area contributed by atoms with Crippen LogP contribution >= 0.6 is 0 Å². The van der Waals surface area contributed by atoms with Crippen LogP contribution in [0.3, 0.4) is 0 Å². The lowest BCUT2D eigenvalue weighted by Gasteiger charge is -2.64. The lowest BCUT2D eigenvalue weighted by molar-refractivity contribution is -0.217. The fraction of sp³-hybridized carbons (Fsp3) is 1.00. The van der Waals surface area contributed by atoms with Crippen molar-refractivity contribution in [3.63, 3.8) is 0 Å². The Labute approximate surface area is 192 Å². The number of rotatable bonds is 1. The molecule has 5 nitrogen and oxygen atoms in total. The first-order valence-corrected chi connectivity index (χ1v) is 13.2. The summed E-state index contributed by atoms with van der Waals surface area (Å²) in [5.74, 6) is 0.556. The molecular weight excluding hydrogens is 404 g/mol. The van der Waals surface area contributed by atoms with Gasteiger partial charge in [-0.25, -0.2) is 0 Å². The van der Waals surface area contributed by atoms with Crippen molar-refractivity contribution in [2.24, 2.45) is 44.8 Å². The second kappa shape index (κ2) is 6.13. The highest BCUT2D eigenvalue weighted by molar-refractivity contribution is 5.33. The van der Waals surface area contributed by atoms with Gasteiger partial charge < -0.3 is 25.2 Å². The topological polar surface area (TPSA) is 90.2 Å². The first-order valence-electron chi connectivity index (χ1n) is 13.2.